The second-order valence-corrected chi connectivity index (χ2v) is 6.14. The van der Waals surface area contributed by atoms with Gasteiger partial charge in [-0.15, -0.1) is 0 Å². The van der Waals surface area contributed by atoms with Gasteiger partial charge in [0.05, 0.1) is 11.7 Å². The maximum Gasteiger partial charge on any atom is 0.247 e. The van der Waals surface area contributed by atoms with Crippen LogP contribution in [0.1, 0.15) is 18.4 Å². The lowest BCUT2D eigenvalue weighted by molar-refractivity contribution is -0.116. The summed E-state index contributed by atoms with van der Waals surface area (Å²) in [6.45, 7) is 0. The van der Waals surface area contributed by atoms with Crippen molar-refractivity contribution < 1.29 is 18.3 Å². The molecule has 0 saturated carbocycles. The minimum Gasteiger partial charge on any atom is -0.366 e. The molecule has 24 heavy (non-hydrogen) atoms. The number of carbonyl (C=O) groups excluding carboxylic acids is 1. The number of hydrogen-bond acceptors (Lipinski definition) is 2. The lowest BCUT2D eigenvalue weighted by atomic mass is 9.80. The summed E-state index contributed by atoms with van der Waals surface area (Å²) in [6.07, 6.45) is 2.88. The van der Waals surface area contributed by atoms with Crippen LogP contribution in [0, 0.1) is 11.6 Å². The molecular formula is C19H15F2NO2. The molecule has 0 aromatic heterocycles. The average molecular weight is 327 g/mol. The van der Waals surface area contributed by atoms with Crippen molar-refractivity contribution in [2.24, 2.45) is 5.73 Å². The molecular weight excluding hydrogens is 312 g/mol. The number of rotatable bonds is 3. The van der Waals surface area contributed by atoms with E-state index in [-0.39, 0.29) is 17.2 Å². The maximum atomic E-state index is 14.7. The first-order chi connectivity index (χ1) is 11.5. The molecule has 0 radical (unpaired) electrons. The van der Waals surface area contributed by atoms with Gasteiger partial charge in [0.2, 0.25) is 5.91 Å². The summed E-state index contributed by atoms with van der Waals surface area (Å²) in [5.74, 6) is -1.61. The molecule has 5 heteroatoms. The van der Waals surface area contributed by atoms with Crippen molar-refractivity contribution in [1.82, 2.24) is 0 Å². The fourth-order valence-corrected chi connectivity index (χ4v) is 3.67. The van der Waals surface area contributed by atoms with E-state index in [0.29, 0.717) is 17.6 Å². The van der Waals surface area contributed by atoms with Crippen LogP contribution >= 0.6 is 0 Å². The number of hydrogen-bond donors (Lipinski definition) is 1. The van der Waals surface area contributed by atoms with Crippen molar-refractivity contribution in [3.05, 3.63) is 71.3 Å². The highest BCUT2D eigenvalue weighted by Gasteiger charge is 2.51. The van der Waals surface area contributed by atoms with E-state index in [1.54, 1.807) is 24.3 Å². The van der Waals surface area contributed by atoms with Crippen LogP contribution in [-0.2, 0) is 15.1 Å². The number of primary amides is 1. The van der Waals surface area contributed by atoms with Crippen molar-refractivity contribution in [2.75, 3.05) is 0 Å². The SMILES string of the molecule is NC(=O)C1=CC2CCC1(c1ccc(-c3ccccc3F)c(F)c1)O2. The second-order valence-electron chi connectivity index (χ2n) is 6.14. The van der Waals surface area contributed by atoms with E-state index in [0.717, 1.165) is 6.42 Å². The van der Waals surface area contributed by atoms with E-state index < -0.39 is 23.1 Å². The van der Waals surface area contributed by atoms with Gasteiger partial charge in [0.15, 0.2) is 0 Å². The summed E-state index contributed by atoms with van der Waals surface area (Å²) >= 11 is 0. The summed E-state index contributed by atoms with van der Waals surface area (Å²) in [4.78, 5) is 11.7. The predicted molar refractivity (Wildman–Crippen MR) is 84.9 cm³/mol. The van der Waals surface area contributed by atoms with E-state index in [9.17, 15) is 13.6 Å². The molecule has 4 rings (SSSR count). The van der Waals surface area contributed by atoms with Crippen molar-refractivity contribution in [3.8, 4) is 11.1 Å². The Hall–Kier alpha value is -2.53. The number of amides is 1. The van der Waals surface area contributed by atoms with Crippen LogP contribution in [0.5, 0.6) is 0 Å². The molecule has 1 amide bonds. The zero-order valence-electron chi connectivity index (χ0n) is 12.8. The highest BCUT2D eigenvalue weighted by Crippen LogP contribution is 2.50. The third-order valence-corrected chi connectivity index (χ3v) is 4.79. The van der Waals surface area contributed by atoms with E-state index >= 15 is 0 Å². The number of benzene rings is 2. The number of halogens is 2. The molecule has 2 aliphatic rings. The summed E-state index contributed by atoms with van der Waals surface area (Å²) in [5.41, 5.74) is 5.75. The molecule has 2 aliphatic heterocycles. The van der Waals surface area contributed by atoms with Crippen LogP contribution < -0.4 is 5.73 Å². The Bertz CT molecular complexity index is 877. The molecule has 2 aromatic rings. The van der Waals surface area contributed by atoms with Crippen LogP contribution in [0.4, 0.5) is 8.78 Å². The lowest BCUT2D eigenvalue weighted by Crippen LogP contribution is -2.33. The molecule has 1 fully saturated rings. The van der Waals surface area contributed by atoms with E-state index in [4.69, 9.17) is 10.5 Å². The molecule has 0 spiro atoms. The van der Waals surface area contributed by atoms with Crippen molar-refractivity contribution in [1.29, 1.82) is 0 Å². The Kier molecular flexibility index (Phi) is 3.28. The Morgan fingerprint density at radius 3 is 2.54 bits per heavy atom. The van der Waals surface area contributed by atoms with Gasteiger partial charge in [-0.1, -0.05) is 30.3 Å². The molecule has 2 aromatic carbocycles. The molecule has 2 unspecified atom stereocenters. The topological polar surface area (TPSA) is 52.3 Å². The molecule has 1 saturated heterocycles. The van der Waals surface area contributed by atoms with Crippen molar-refractivity contribution >= 4 is 5.91 Å². The van der Waals surface area contributed by atoms with Gasteiger partial charge in [-0.2, -0.15) is 0 Å². The molecule has 2 N–H and O–H groups in total. The van der Waals surface area contributed by atoms with Gasteiger partial charge in [-0.25, -0.2) is 8.78 Å². The van der Waals surface area contributed by atoms with Crippen LogP contribution in [0.3, 0.4) is 0 Å². The molecule has 122 valence electrons. The molecule has 2 heterocycles. The summed E-state index contributed by atoms with van der Waals surface area (Å²) in [7, 11) is 0. The summed E-state index contributed by atoms with van der Waals surface area (Å²) in [5, 5.41) is 0. The fraction of sp³-hybridized carbons (Fsp3) is 0.211. The minimum atomic E-state index is -0.981. The second kappa shape index (κ2) is 5.24. The van der Waals surface area contributed by atoms with E-state index in [1.807, 2.05) is 0 Å². The number of fused-ring (bicyclic) bond motifs is 2. The minimum absolute atomic E-state index is 0.165. The maximum absolute atomic E-state index is 14.7. The van der Waals surface area contributed by atoms with E-state index in [2.05, 4.69) is 0 Å². The van der Waals surface area contributed by atoms with Gasteiger partial charge in [-0.3, -0.25) is 4.79 Å². The Morgan fingerprint density at radius 2 is 1.88 bits per heavy atom. The first-order valence-electron chi connectivity index (χ1n) is 7.76. The molecule has 2 bridgehead atoms. The Balaban J connectivity index is 1.80. The fourth-order valence-electron chi connectivity index (χ4n) is 3.67. The predicted octanol–water partition coefficient (Wildman–Crippen LogP) is 3.43. The zero-order chi connectivity index (χ0) is 16.9. The van der Waals surface area contributed by atoms with Gasteiger partial charge in [0, 0.05) is 11.1 Å². The van der Waals surface area contributed by atoms with Crippen molar-refractivity contribution in [2.45, 2.75) is 24.5 Å². The average Bonchev–Trinajstić information content (AvgIpc) is 3.15. The van der Waals surface area contributed by atoms with Crippen molar-refractivity contribution in [3.63, 3.8) is 0 Å². The van der Waals surface area contributed by atoms with Gasteiger partial charge < -0.3 is 10.5 Å². The highest BCUT2D eigenvalue weighted by molar-refractivity contribution is 5.95. The number of carbonyl (C=O) groups is 1. The number of ether oxygens (including phenoxy) is 1. The first kappa shape index (κ1) is 15.0. The quantitative estimate of drug-likeness (QED) is 0.939. The summed E-state index contributed by atoms with van der Waals surface area (Å²) < 4.78 is 34.5. The lowest BCUT2D eigenvalue weighted by Gasteiger charge is -2.28. The normalized spacial score (nSPS) is 24.9. The first-order valence-corrected chi connectivity index (χ1v) is 7.76. The molecule has 0 aliphatic carbocycles. The smallest absolute Gasteiger partial charge is 0.247 e. The molecule has 3 nitrogen and oxygen atoms in total. The largest absolute Gasteiger partial charge is 0.366 e. The van der Waals surface area contributed by atoms with Crippen LogP contribution in [-0.4, -0.2) is 12.0 Å². The third kappa shape index (κ3) is 2.08. The Morgan fingerprint density at radius 1 is 1.12 bits per heavy atom. The van der Waals surface area contributed by atoms with E-state index in [1.165, 1.54) is 24.3 Å². The molecule has 2 atom stereocenters. The number of nitrogens with two attached hydrogens (primary N) is 1. The zero-order valence-corrected chi connectivity index (χ0v) is 12.8. The van der Waals surface area contributed by atoms with Gasteiger partial charge in [0.25, 0.3) is 0 Å². The van der Waals surface area contributed by atoms with Crippen LogP contribution in [0.2, 0.25) is 0 Å². The monoisotopic (exact) mass is 327 g/mol. The standard InChI is InChI=1S/C19H15F2NO2/c20-16-4-2-1-3-13(16)14-6-5-11(9-17(14)21)19-8-7-12(24-19)10-15(19)18(22)23/h1-6,9-10,12H,7-8H2,(H2,22,23). The van der Waals surface area contributed by atoms with Gasteiger partial charge in [-0.05, 0) is 36.6 Å². The van der Waals surface area contributed by atoms with Gasteiger partial charge in [0.1, 0.15) is 17.2 Å². The highest BCUT2D eigenvalue weighted by atomic mass is 19.1. The van der Waals surface area contributed by atoms with Crippen LogP contribution in [0.15, 0.2) is 54.1 Å². The van der Waals surface area contributed by atoms with Crippen LogP contribution in [0.25, 0.3) is 11.1 Å². The van der Waals surface area contributed by atoms with Gasteiger partial charge >= 0.3 is 0 Å². The Labute approximate surface area is 137 Å². The third-order valence-electron chi connectivity index (χ3n) is 4.79. The summed E-state index contributed by atoms with van der Waals surface area (Å²) in [6, 6.07) is 10.5.